The lowest BCUT2D eigenvalue weighted by Crippen LogP contribution is -2.37. The van der Waals surface area contributed by atoms with Crippen molar-refractivity contribution in [1.82, 2.24) is 4.90 Å². The first-order valence-electron chi connectivity index (χ1n) is 7.33. The van der Waals surface area contributed by atoms with Crippen molar-refractivity contribution < 1.29 is 32.5 Å². The average Bonchev–Trinajstić information content (AvgIpc) is 2.55. The standard InChI is InChI=1S/C16H18F3NO4/c1-23-15(22)13-10-20(6-5-14(13)21)7-8-24-12-4-2-3-11(9-12)16(17,18)19/h2-4,9,21H,5-8,10H2,1H3. The molecule has 0 spiro atoms. The summed E-state index contributed by atoms with van der Waals surface area (Å²) in [5.74, 6) is -0.443. The van der Waals surface area contributed by atoms with E-state index in [0.29, 0.717) is 19.5 Å². The Morgan fingerprint density at radius 3 is 2.79 bits per heavy atom. The van der Waals surface area contributed by atoms with Gasteiger partial charge in [-0.3, -0.25) is 4.90 Å². The fourth-order valence-electron chi connectivity index (χ4n) is 2.36. The Morgan fingerprint density at radius 2 is 2.12 bits per heavy atom. The summed E-state index contributed by atoms with van der Waals surface area (Å²) in [6, 6.07) is 4.67. The van der Waals surface area contributed by atoms with Crippen molar-refractivity contribution in [1.29, 1.82) is 0 Å². The Labute approximate surface area is 137 Å². The fraction of sp³-hybridized carbons (Fsp3) is 0.438. The van der Waals surface area contributed by atoms with Crippen molar-refractivity contribution >= 4 is 5.97 Å². The number of rotatable bonds is 5. The van der Waals surface area contributed by atoms with Crippen molar-refractivity contribution in [3.63, 3.8) is 0 Å². The predicted octanol–water partition coefficient (Wildman–Crippen LogP) is 2.78. The lowest BCUT2D eigenvalue weighted by molar-refractivity contribution is -0.138. The van der Waals surface area contributed by atoms with E-state index in [0.717, 1.165) is 12.1 Å². The fourth-order valence-corrected chi connectivity index (χ4v) is 2.36. The van der Waals surface area contributed by atoms with E-state index in [1.807, 2.05) is 4.90 Å². The van der Waals surface area contributed by atoms with E-state index in [2.05, 4.69) is 4.74 Å². The van der Waals surface area contributed by atoms with Gasteiger partial charge in [0.15, 0.2) is 0 Å². The summed E-state index contributed by atoms with van der Waals surface area (Å²) in [5.41, 5.74) is -0.568. The van der Waals surface area contributed by atoms with Gasteiger partial charge in [-0.05, 0) is 18.2 Å². The Balaban J connectivity index is 1.88. The lowest BCUT2D eigenvalue weighted by atomic mass is 10.1. The van der Waals surface area contributed by atoms with Gasteiger partial charge in [-0.25, -0.2) is 4.79 Å². The van der Waals surface area contributed by atoms with Gasteiger partial charge >= 0.3 is 12.1 Å². The zero-order valence-electron chi connectivity index (χ0n) is 13.1. The number of carbonyl (C=O) groups excluding carboxylic acids is 1. The molecule has 0 aliphatic carbocycles. The first kappa shape index (κ1) is 18.1. The molecule has 2 rings (SSSR count). The Morgan fingerprint density at radius 1 is 1.38 bits per heavy atom. The summed E-state index contributed by atoms with van der Waals surface area (Å²) in [6.45, 7) is 1.31. The van der Waals surface area contributed by atoms with Crippen molar-refractivity contribution in [2.24, 2.45) is 0 Å². The van der Waals surface area contributed by atoms with Crippen molar-refractivity contribution in [3.8, 4) is 5.75 Å². The van der Waals surface area contributed by atoms with Crippen molar-refractivity contribution in [2.45, 2.75) is 12.6 Å². The minimum absolute atomic E-state index is 0.0110. The smallest absolute Gasteiger partial charge is 0.416 e. The van der Waals surface area contributed by atoms with Crippen LogP contribution in [0.4, 0.5) is 13.2 Å². The van der Waals surface area contributed by atoms with Crippen LogP contribution in [0.25, 0.3) is 0 Å². The summed E-state index contributed by atoms with van der Waals surface area (Å²) in [4.78, 5) is 13.4. The van der Waals surface area contributed by atoms with Crippen LogP contribution in [0.3, 0.4) is 0 Å². The Kier molecular flexibility index (Phi) is 5.71. The lowest BCUT2D eigenvalue weighted by Gasteiger charge is -2.27. The number of aliphatic hydroxyl groups excluding tert-OH is 1. The third-order valence-electron chi connectivity index (χ3n) is 3.66. The van der Waals surface area contributed by atoms with Gasteiger partial charge in [0.05, 0.1) is 18.2 Å². The predicted molar refractivity (Wildman–Crippen MR) is 79.7 cm³/mol. The number of hydrogen-bond acceptors (Lipinski definition) is 5. The molecule has 1 aliphatic heterocycles. The number of carbonyl (C=O) groups is 1. The van der Waals surface area contributed by atoms with Crippen molar-refractivity contribution in [2.75, 3.05) is 33.4 Å². The van der Waals surface area contributed by atoms with E-state index >= 15 is 0 Å². The molecule has 8 heteroatoms. The van der Waals surface area contributed by atoms with Gasteiger partial charge in [-0.1, -0.05) is 6.07 Å². The molecule has 1 aliphatic rings. The zero-order valence-corrected chi connectivity index (χ0v) is 13.1. The van der Waals surface area contributed by atoms with Gasteiger partial charge in [0.1, 0.15) is 18.1 Å². The van der Waals surface area contributed by atoms with Gasteiger partial charge < -0.3 is 14.6 Å². The third kappa shape index (κ3) is 4.64. The first-order chi connectivity index (χ1) is 11.3. The van der Waals surface area contributed by atoms with Gasteiger partial charge in [0.25, 0.3) is 0 Å². The molecule has 0 bridgehead atoms. The quantitative estimate of drug-likeness (QED) is 0.832. The molecule has 0 unspecified atom stereocenters. The molecule has 0 atom stereocenters. The number of alkyl halides is 3. The van der Waals surface area contributed by atoms with Crippen LogP contribution in [0.15, 0.2) is 35.6 Å². The maximum atomic E-state index is 12.6. The number of esters is 1. The van der Waals surface area contributed by atoms with Gasteiger partial charge in [0.2, 0.25) is 0 Å². The van der Waals surface area contributed by atoms with E-state index in [4.69, 9.17) is 4.74 Å². The molecule has 0 fully saturated rings. The molecular weight excluding hydrogens is 327 g/mol. The number of halogens is 3. The van der Waals surface area contributed by atoms with Crippen molar-refractivity contribution in [3.05, 3.63) is 41.2 Å². The normalized spacial score (nSPS) is 16.2. The maximum absolute atomic E-state index is 12.6. The number of hydrogen-bond donors (Lipinski definition) is 1. The molecule has 1 N–H and O–H groups in total. The molecule has 5 nitrogen and oxygen atoms in total. The second-order valence-corrected chi connectivity index (χ2v) is 5.32. The highest BCUT2D eigenvalue weighted by Gasteiger charge is 2.30. The second kappa shape index (κ2) is 7.57. The van der Waals surface area contributed by atoms with Crippen LogP contribution in [-0.4, -0.2) is 49.3 Å². The minimum atomic E-state index is -4.41. The highest BCUT2D eigenvalue weighted by Crippen LogP contribution is 2.31. The molecule has 0 aromatic heterocycles. The number of benzene rings is 1. The van der Waals surface area contributed by atoms with Crippen LogP contribution in [-0.2, 0) is 15.7 Å². The Bertz CT molecular complexity index is 628. The van der Waals surface area contributed by atoms with E-state index < -0.39 is 17.7 Å². The molecule has 1 aromatic rings. The van der Waals surface area contributed by atoms with E-state index in [9.17, 15) is 23.1 Å². The molecule has 24 heavy (non-hydrogen) atoms. The van der Waals surface area contributed by atoms with Crippen LogP contribution < -0.4 is 4.74 Å². The molecule has 1 aromatic carbocycles. The maximum Gasteiger partial charge on any atom is 0.416 e. The highest BCUT2D eigenvalue weighted by molar-refractivity contribution is 5.89. The number of ether oxygens (including phenoxy) is 2. The van der Waals surface area contributed by atoms with Crippen LogP contribution in [0.1, 0.15) is 12.0 Å². The summed E-state index contributed by atoms with van der Waals surface area (Å²) in [5, 5.41) is 9.71. The summed E-state index contributed by atoms with van der Waals surface area (Å²) in [6.07, 6.45) is -4.10. The van der Waals surface area contributed by atoms with Gasteiger partial charge in [0, 0.05) is 26.1 Å². The van der Waals surface area contributed by atoms with E-state index in [1.165, 1.54) is 19.2 Å². The molecule has 0 saturated heterocycles. The van der Waals surface area contributed by atoms with Crippen LogP contribution in [0, 0.1) is 0 Å². The van der Waals surface area contributed by atoms with Gasteiger partial charge in [-0.15, -0.1) is 0 Å². The number of methoxy groups -OCH3 is 1. The molecular formula is C16H18F3NO4. The summed E-state index contributed by atoms with van der Waals surface area (Å²) < 4.78 is 47.9. The third-order valence-corrected chi connectivity index (χ3v) is 3.66. The Hall–Kier alpha value is -2.22. The molecule has 1 heterocycles. The second-order valence-electron chi connectivity index (χ2n) is 5.32. The monoisotopic (exact) mass is 345 g/mol. The molecule has 132 valence electrons. The average molecular weight is 345 g/mol. The van der Waals surface area contributed by atoms with Crippen LogP contribution in [0.2, 0.25) is 0 Å². The minimum Gasteiger partial charge on any atom is -0.512 e. The molecule has 0 amide bonds. The van der Waals surface area contributed by atoms with Crippen LogP contribution >= 0.6 is 0 Å². The van der Waals surface area contributed by atoms with E-state index in [1.54, 1.807) is 0 Å². The van der Waals surface area contributed by atoms with Crippen LogP contribution in [0.5, 0.6) is 5.75 Å². The SMILES string of the molecule is COC(=O)C1=C(O)CCN(CCOc2cccc(C(F)(F)F)c2)C1. The topological polar surface area (TPSA) is 59.0 Å². The summed E-state index contributed by atoms with van der Waals surface area (Å²) >= 11 is 0. The first-order valence-corrected chi connectivity index (χ1v) is 7.33. The summed E-state index contributed by atoms with van der Waals surface area (Å²) in [7, 11) is 1.23. The highest BCUT2D eigenvalue weighted by atomic mass is 19.4. The van der Waals surface area contributed by atoms with Gasteiger partial charge in [-0.2, -0.15) is 13.2 Å². The molecule has 0 radical (unpaired) electrons. The largest absolute Gasteiger partial charge is 0.512 e. The number of aliphatic hydroxyl groups is 1. The zero-order chi connectivity index (χ0) is 17.7. The van der Waals surface area contributed by atoms with E-state index in [-0.39, 0.29) is 30.2 Å². The number of nitrogens with zero attached hydrogens (tertiary/aromatic N) is 1. The molecule has 0 saturated carbocycles.